The molecule has 2 aromatic rings. The third kappa shape index (κ3) is 5.39. The number of carbonyl (C=O) groups is 1. The van der Waals surface area contributed by atoms with Crippen LogP contribution in [-0.4, -0.2) is 47.9 Å². The maximum atomic E-state index is 13.1. The van der Waals surface area contributed by atoms with Gasteiger partial charge in [0.05, 0.1) is 0 Å². The Labute approximate surface area is 173 Å². The standard InChI is InChI=1S/C24H28N4O/c1-20(2)28(18-21-9-5-3-6-10-21)24(29)22(17-25)19-26-13-15-27(16-14-26)23-11-7-4-8-12-23/h3-12,19-20H,13-16,18H2,1-2H3/b22-19-. The summed E-state index contributed by atoms with van der Waals surface area (Å²) in [5, 5.41) is 9.65. The Morgan fingerprint density at radius 3 is 2.17 bits per heavy atom. The van der Waals surface area contributed by atoms with Crippen molar-refractivity contribution in [2.24, 2.45) is 0 Å². The van der Waals surface area contributed by atoms with Crippen LogP contribution in [0.15, 0.2) is 72.4 Å². The van der Waals surface area contributed by atoms with E-state index in [9.17, 15) is 10.1 Å². The monoisotopic (exact) mass is 388 g/mol. The molecule has 2 aromatic carbocycles. The van der Waals surface area contributed by atoms with Gasteiger partial charge in [0.15, 0.2) is 0 Å². The van der Waals surface area contributed by atoms with Crippen LogP contribution in [0.3, 0.4) is 0 Å². The van der Waals surface area contributed by atoms with Gasteiger partial charge in [0.25, 0.3) is 5.91 Å². The van der Waals surface area contributed by atoms with E-state index in [2.05, 4.69) is 28.0 Å². The third-order valence-corrected chi connectivity index (χ3v) is 5.18. The first-order valence-electron chi connectivity index (χ1n) is 10.1. The Bertz CT molecular complexity index is 863. The van der Waals surface area contributed by atoms with Crippen molar-refractivity contribution in [1.29, 1.82) is 5.26 Å². The molecular formula is C24H28N4O. The number of para-hydroxylation sites is 1. The topological polar surface area (TPSA) is 50.6 Å². The normalized spacial score (nSPS) is 14.6. The van der Waals surface area contributed by atoms with E-state index in [-0.39, 0.29) is 17.5 Å². The van der Waals surface area contributed by atoms with Gasteiger partial charge in [-0.05, 0) is 31.5 Å². The van der Waals surface area contributed by atoms with E-state index in [1.165, 1.54) is 5.69 Å². The molecule has 0 radical (unpaired) electrons. The van der Waals surface area contributed by atoms with E-state index < -0.39 is 0 Å². The molecule has 1 fully saturated rings. The van der Waals surface area contributed by atoms with Crippen LogP contribution in [-0.2, 0) is 11.3 Å². The summed E-state index contributed by atoms with van der Waals surface area (Å²) in [5.74, 6) is -0.211. The number of benzene rings is 2. The highest BCUT2D eigenvalue weighted by molar-refractivity contribution is 5.97. The molecule has 1 aliphatic rings. The van der Waals surface area contributed by atoms with Crippen LogP contribution >= 0.6 is 0 Å². The number of hydrogen-bond acceptors (Lipinski definition) is 4. The smallest absolute Gasteiger partial charge is 0.266 e. The lowest BCUT2D eigenvalue weighted by atomic mass is 10.1. The maximum Gasteiger partial charge on any atom is 0.266 e. The second-order valence-corrected chi connectivity index (χ2v) is 7.53. The van der Waals surface area contributed by atoms with Crippen LogP contribution in [0.4, 0.5) is 5.69 Å². The summed E-state index contributed by atoms with van der Waals surface area (Å²) >= 11 is 0. The van der Waals surface area contributed by atoms with Crippen LogP contribution in [0.2, 0.25) is 0 Å². The zero-order valence-electron chi connectivity index (χ0n) is 17.2. The third-order valence-electron chi connectivity index (χ3n) is 5.18. The lowest BCUT2D eigenvalue weighted by Crippen LogP contribution is -2.44. The van der Waals surface area contributed by atoms with E-state index in [0.717, 1.165) is 31.7 Å². The van der Waals surface area contributed by atoms with Gasteiger partial charge in [-0.1, -0.05) is 48.5 Å². The number of rotatable bonds is 6. The highest BCUT2D eigenvalue weighted by Gasteiger charge is 2.23. The van der Waals surface area contributed by atoms with Crippen molar-refractivity contribution in [2.75, 3.05) is 31.1 Å². The number of hydrogen-bond donors (Lipinski definition) is 0. The van der Waals surface area contributed by atoms with Gasteiger partial charge in [-0.2, -0.15) is 5.26 Å². The molecule has 3 rings (SSSR count). The summed E-state index contributed by atoms with van der Waals surface area (Å²) in [7, 11) is 0. The van der Waals surface area contributed by atoms with E-state index >= 15 is 0 Å². The number of amides is 1. The lowest BCUT2D eigenvalue weighted by molar-refractivity contribution is -0.129. The Morgan fingerprint density at radius 1 is 1.03 bits per heavy atom. The molecule has 0 saturated carbocycles. The number of nitriles is 1. The molecule has 5 heteroatoms. The van der Waals surface area contributed by atoms with Crippen LogP contribution < -0.4 is 4.90 Å². The second-order valence-electron chi connectivity index (χ2n) is 7.53. The molecule has 1 aliphatic heterocycles. The van der Waals surface area contributed by atoms with Crippen LogP contribution in [0.25, 0.3) is 0 Å². The second kappa shape index (κ2) is 9.79. The summed E-state index contributed by atoms with van der Waals surface area (Å²) in [4.78, 5) is 19.2. The van der Waals surface area contributed by atoms with Crippen molar-refractivity contribution in [3.05, 3.63) is 78.0 Å². The first-order chi connectivity index (χ1) is 14.1. The molecule has 0 atom stereocenters. The van der Waals surface area contributed by atoms with E-state index in [1.807, 2.05) is 62.4 Å². The van der Waals surface area contributed by atoms with Crippen LogP contribution in [0, 0.1) is 11.3 Å². The van der Waals surface area contributed by atoms with Crippen molar-refractivity contribution in [3.8, 4) is 6.07 Å². The Hall–Kier alpha value is -3.26. The van der Waals surface area contributed by atoms with E-state index in [4.69, 9.17) is 0 Å². The van der Waals surface area contributed by atoms with Gasteiger partial charge >= 0.3 is 0 Å². The van der Waals surface area contributed by atoms with E-state index in [1.54, 1.807) is 11.1 Å². The highest BCUT2D eigenvalue weighted by atomic mass is 16.2. The first kappa shape index (κ1) is 20.5. The minimum absolute atomic E-state index is 0.00869. The van der Waals surface area contributed by atoms with Gasteiger partial charge in [0.1, 0.15) is 11.6 Å². The molecule has 1 amide bonds. The Kier molecular flexibility index (Phi) is 6.91. The molecule has 0 unspecified atom stereocenters. The fourth-order valence-corrected chi connectivity index (χ4v) is 3.49. The number of anilines is 1. The van der Waals surface area contributed by atoms with E-state index in [0.29, 0.717) is 6.54 Å². The fraction of sp³-hybridized carbons (Fsp3) is 0.333. The summed E-state index contributed by atoms with van der Waals surface area (Å²) in [6.07, 6.45) is 1.74. The predicted molar refractivity (Wildman–Crippen MR) is 116 cm³/mol. The Morgan fingerprint density at radius 2 is 1.62 bits per heavy atom. The number of carbonyl (C=O) groups excluding carboxylic acids is 1. The maximum absolute atomic E-state index is 13.1. The summed E-state index contributed by atoms with van der Waals surface area (Å²) in [6, 6.07) is 22.4. The molecule has 0 bridgehead atoms. The summed E-state index contributed by atoms with van der Waals surface area (Å²) in [5.41, 5.74) is 2.47. The average molecular weight is 389 g/mol. The van der Waals surface area contributed by atoms with Crippen LogP contribution in [0.5, 0.6) is 0 Å². The first-order valence-corrected chi connectivity index (χ1v) is 10.1. The molecule has 5 nitrogen and oxygen atoms in total. The highest BCUT2D eigenvalue weighted by Crippen LogP contribution is 2.17. The van der Waals surface area contributed by atoms with Gasteiger partial charge < -0.3 is 14.7 Å². The largest absolute Gasteiger partial charge is 0.373 e. The molecule has 29 heavy (non-hydrogen) atoms. The Balaban J connectivity index is 1.67. The molecule has 0 aliphatic carbocycles. The molecule has 0 aromatic heterocycles. The zero-order chi connectivity index (χ0) is 20.6. The summed E-state index contributed by atoms with van der Waals surface area (Å²) < 4.78 is 0. The average Bonchev–Trinajstić information content (AvgIpc) is 2.77. The van der Waals surface area contributed by atoms with Crippen molar-refractivity contribution in [3.63, 3.8) is 0 Å². The lowest BCUT2D eigenvalue weighted by Gasteiger charge is -2.36. The van der Waals surface area contributed by atoms with Gasteiger partial charge in [0.2, 0.25) is 0 Å². The molecular weight excluding hydrogens is 360 g/mol. The number of nitrogens with zero attached hydrogens (tertiary/aromatic N) is 4. The van der Waals surface area contributed by atoms with Crippen molar-refractivity contribution >= 4 is 11.6 Å². The SMILES string of the molecule is CC(C)N(Cc1ccccc1)C(=O)/C(C#N)=C\N1CCN(c2ccccc2)CC1. The molecule has 0 spiro atoms. The molecule has 0 N–H and O–H groups in total. The minimum atomic E-state index is -0.211. The van der Waals surface area contributed by atoms with Gasteiger partial charge in [-0.25, -0.2) is 0 Å². The fourth-order valence-electron chi connectivity index (χ4n) is 3.49. The minimum Gasteiger partial charge on any atom is -0.373 e. The van der Waals surface area contributed by atoms with Gasteiger partial charge in [0, 0.05) is 50.7 Å². The van der Waals surface area contributed by atoms with Crippen molar-refractivity contribution < 1.29 is 4.79 Å². The molecule has 1 saturated heterocycles. The quantitative estimate of drug-likeness (QED) is 0.560. The molecule has 1 heterocycles. The molecule has 150 valence electrons. The van der Waals surface area contributed by atoms with Crippen molar-refractivity contribution in [1.82, 2.24) is 9.80 Å². The van der Waals surface area contributed by atoms with Gasteiger partial charge in [-0.3, -0.25) is 4.79 Å². The van der Waals surface area contributed by atoms with Gasteiger partial charge in [-0.15, -0.1) is 0 Å². The van der Waals surface area contributed by atoms with Crippen LogP contribution in [0.1, 0.15) is 19.4 Å². The zero-order valence-corrected chi connectivity index (χ0v) is 17.2. The predicted octanol–water partition coefficient (Wildman–Crippen LogP) is 3.65. The summed E-state index contributed by atoms with van der Waals surface area (Å²) in [6.45, 7) is 7.76. The number of piperazine rings is 1. The van der Waals surface area contributed by atoms with Crippen molar-refractivity contribution in [2.45, 2.75) is 26.4 Å².